The zero-order valence-corrected chi connectivity index (χ0v) is 9.93. The van der Waals surface area contributed by atoms with Crippen LogP contribution < -0.4 is 0 Å². The van der Waals surface area contributed by atoms with Crippen molar-refractivity contribution in [2.45, 2.75) is 51.4 Å². The molecule has 2 aliphatic rings. The second kappa shape index (κ2) is 2.96. The summed E-state index contributed by atoms with van der Waals surface area (Å²) in [6, 6.07) is 0. The highest BCUT2D eigenvalue weighted by molar-refractivity contribution is 6.83. The maximum absolute atomic E-state index is 10.0. The molecular weight excluding hydrogens is 176 g/mol. The monoisotopic (exact) mass is 196 g/mol. The van der Waals surface area contributed by atoms with E-state index in [-0.39, 0.29) is 6.10 Å². The minimum atomic E-state index is -1.24. The third-order valence-electron chi connectivity index (χ3n) is 3.49. The van der Waals surface area contributed by atoms with E-state index in [0.29, 0.717) is 0 Å². The van der Waals surface area contributed by atoms with Gasteiger partial charge >= 0.3 is 0 Å². The highest BCUT2D eigenvalue weighted by Crippen LogP contribution is 2.46. The molecule has 0 spiro atoms. The summed E-state index contributed by atoms with van der Waals surface area (Å²) in [6.45, 7) is 7.08. The van der Waals surface area contributed by atoms with Gasteiger partial charge in [-0.05, 0) is 31.6 Å². The van der Waals surface area contributed by atoms with Crippen molar-refractivity contribution in [3.63, 3.8) is 0 Å². The molecule has 0 radical (unpaired) electrons. The first kappa shape index (κ1) is 9.47. The van der Waals surface area contributed by atoms with Crippen molar-refractivity contribution in [2.24, 2.45) is 5.92 Å². The van der Waals surface area contributed by atoms with Crippen LogP contribution in [0.25, 0.3) is 0 Å². The van der Waals surface area contributed by atoms with Gasteiger partial charge < -0.3 is 5.11 Å². The summed E-state index contributed by atoms with van der Waals surface area (Å²) in [6.07, 6.45) is 4.93. The normalized spacial score (nSPS) is 34.2. The van der Waals surface area contributed by atoms with E-state index in [4.69, 9.17) is 0 Å². The third kappa shape index (κ3) is 1.50. The van der Waals surface area contributed by atoms with Crippen molar-refractivity contribution in [1.29, 1.82) is 0 Å². The Labute approximate surface area is 81.9 Å². The molecule has 0 aliphatic heterocycles. The molecule has 0 aromatic rings. The van der Waals surface area contributed by atoms with E-state index < -0.39 is 8.07 Å². The Balaban J connectivity index is 2.37. The summed E-state index contributed by atoms with van der Waals surface area (Å²) >= 11 is 0. The maximum Gasteiger partial charge on any atom is 0.0757 e. The predicted octanol–water partition coefficient (Wildman–Crippen LogP) is 2.73. The van der Waals surface area contributed by atoms with Gasteiger partial charge in [0.15, 0.2) is 0 Å². The lowest BCUT2D eigenvalue weighted by Crippen LogP contribution is -2.30. The fraction of sp³-hybridized carbons (Fsp3) is 0.818. The molecule has 2 rings (SSSR count). The van der Waals surface area contributed by atoms with E-state index in [1.54, 1.807) is 5.57 Å². The molecule has 0 aromatic heterocycles. The summed E-state index contributed by atoms with van der Waals surface area (Å²) < 4.78 is 0. The molecule has 0 aromatic carbocycles. The third-order valence-corrected chi connectivity index (χ3v) is 5.76. The molecule has 0 heterocycles. The quantitative estimate of drug-likeness (QED) is 0.639. The van der Waals surface area contributed by atoms with Crippen LogP contribution in [0, 0.1) is 5.92 Å². The molecule has 0 saturated heterocycles. The van der Waals surface area contributed by atoms with Crippen LogP contribution in [0.4, 0.5) is 0 Å². The first-order chi connectivity index (χ1) is 6.00. The number of fused-ring (bicyclic) bond motifs is 1. The summed E-state index contributed by atoms with van der Waals surface area (Å²) in [7, 11) is -1.24. The topological polar surface area (TPSA) is 20.2 Å². The minimum Gasteiger partial charge on any atom is -0.389 e. The van der Waals surface area contributed by atoms with Gasteiger partial charge in [-0.3, -0.25) is 0 Å². The average molecular weight is 196 g/mol. The molecule has 13 heavy (non-hydrogen) atoms. The Hall–Kier alpha value is -0.0831. The average Bonchev–Trinajstić information content (AvgIpc) is 2.41. The molecule has 2 aliphatic carbocycles. The van der Waals surface area contributed by atoms with Gasteiger partial charge in [0, 0.05) is 0 Å². The molecular formula is C11H20OSi. The smallest absolute Gasteiger partial charge is 0.0757 e. The van der Waals surface area contributed by atoms with Gasteiger partial charge in [-0.2, -0.15) is 0 Å². The van der Waals surface area contributed by atoms with Crippen LogP contribution in [0.3, 0.4) is 0 Å². The van der Waals surface area contributed by atoms with E-state index in [9.17, 15) is 5.11 Å². The molecule has 1 fully saturated rings. The van der Waals surface area contributed by atoms with Crippen LogP contribution in [0.5, 0.6) is 0 Å². The first-order valence-electron chi connectivity index (χ1n) is 5.41. The highest BCUT2D eigenvalue weighted by Gasteiger charge is 2.40. The predicted molar refractivity (Wildman–Crippen MR) is 58.3 cm³/mol. The van der Waals surface area contributed by atoms with Crippen molar-refractivity contribution in [3.8, 4) is 0 Å². The lowest BCUT2D eigenvalue weighted by Gasteiger charge is -2.23. The largest absolute Gasteiger partial charge is 0.389 e. The zero-order chi connectivity index (χ0) is 9.64. The van der Waals surface area contributed by atoms with Crippen LogP contribution in [-0.2, 0) is 0 Å². The number of rotatable bonds is 1. The SMILES string of the molecule is C[Si](C)(C)C1=C2CCC[C@@H]2C[C@H]1O. The fourth-order valence-electron chi connectivity index (χ4n) is 3.11. The molecule has 1 N–H and O–H groups in total. The molecule has 0 unspecified atom stereocenters. The van der Waals surface area contributed by atoms with Gasteiger partial charge in [-0.15, -0.1) is 0 Å². The molecule has 0 amide bonds. The van der Waals surface area contributed by atoms with Crippen LogP contribution in [0.2, 0.25) is 19.6 Å². The van der Waals surface area contributed by atoms with E-state index in [2.05, 4.69) is 19.6 Å². The first-order valence-corrected chi connectivity index (χ1v) is 8.91. The van der Waals surface area contributed by atoms with Crippen molar-refractivity contribution in [3.05, 3.63) is 10.8 Å². The van der Waals surface area contributed by atoms with E-state index >= 15 is 0 Å². The van der Waals surface area contributed by atoms with Gasteiger partial charge in [-0.25, -0.2) is 0 Å². The molecule has 1 nitrogen and oxygen atoms in total. The van der Waals surface area contributed by atoms with E-state index in [0.717, 1.165) is 12.3 Å². The van der Waals surface area contributed by atoms with Crippen molar-refractivity contribution >= 4 is 8.07 Å². The van der Waals surface area contributed by atoms with Crippen molar-refractivity contribution < 1.29 is 5.11 Å². The Morgan fingerprint density at radius 2 is 2.00 bits per heavy atom. The Morgan fingerprint density at radius 1 is 1.31 bits per heavy atom. The lowest BCUT2D eigenvalue weighted by molar-refractivity contribution is 0.204. The Bertz CT molecular complexity index is 249. The molecule has 2 atom stereocenters. The number of aliphatic hydroxyl groups excluding tert-OH is 1. The fourth-order valence-corrected chi connectivity index (χ4v) is 5.52. The lowest BCUT2D eigenvalue weighted by atomic mass is 10.1. The van der Waals surface area contributed by atoms with E-state index in [1.807, 2.05) is 0 Å². The Kier molecular flexibility index (Phi) is 2.15. The molecule has 2 heteroatoms. The van der Waals surface area contributed by atoms with Crippen molar-refractivity contribution in [1.82, 2.24) is 0 Å². The van der Waals surface area contributed by atoms with Gasteiger partial charge in [-0.1, -0.05) is 30.4 Å². The summed E-state index contributed by atoms with van der Waals surface area (Å²) in [5, 5.41) is 11.5. The standard InChI is InChI=1S/C11H20OSi/c1-13(2,3)11-9-6-4-5-8(9)7-10(11)12/h8,10,12H,4-7H2,1-3H3/t8-,10-/m1/s1. The van der Waals surface area contributed by atoms with Crippen molar-refractivity contribution in [2.75, 3.05) is 0 Å². The molecule has 74 valence electrons. The number of hydrogen-bond acceptors (Lipinski definition) is 1. The van der Waals surface area contributed by atoms with Crippen LogP contribution in [-0.4, -0.2) is 19.3 Å². The van der Waals surface area contributed by atoms with Crippen LogP contribution in [0.15, 0.2) is 10.8 Å². The Morgan fingerprint density at radius 3 is 2.62 bits per heavy atom. The number of aliphatic hydroxyl groups is 1. The summed E-state index contributed by atoms with van der Waals surface area (Å²) in [5.74, 6) is 0.761. The molecule has 0 bridgehead atoms. The van der Waals surface area contributed by atoms with Crippen LogP contribution in [0.1, 0.15) is 25.7 Å². The van der Waals surface area contributed by atoms with Gasteiger partial charge in [0.1, 0.15) is 0 Å². The second-order valence-corrected chi connectivity index (χ2v) is 10.6. The van der Waals surface area contributed by atoms with Crippen LogP contribution >= 0.6 is 0 Å². The summed E-state index contributed by atoms with van der Waals surface area (Å²) in [4.78, 5) is 0. The minimum absolute atomic E-state index is 0.0769. The maximum atomic E-state index is 10.0. The second-order valence-electron chi connectivity index (χ2n) is 5.53. The van der Waals surface area contributed by atoms with Gasteiger partial charge in [0.2, 0.25) is 0 Å². The van der Waals surface area contributed by atoms with Gasteiger partial charge in [0.25, 0.3) is 0 Å². The molecule has 1 saturated carbocycles. The number of allylic oxidation sites excluding steroid dienone is 1. The van der Waals surface area contributed by atoms with Gasteiger partial charge in [0.05, 0.1) is 14.2 Å². The van der Waals surface area contributed by atoms with E-state index in [1.165, 1.54) is 24.5 Å². The number of hydrogen-bond donors (Lipinski definition) is 1. The summed E-state index contributed by atoms with van der Waals surface area (Å²) in [5.41, 5.74) is 1.66. The highest BCUT2D eigenvalue weighted by atomic mass is 28.3. The zero-order valence-electron chi connectivity index (χ0n) is 8.93.